The second kappa shape index (κ2) is 7.75. The van der Waals surface area contributed by atoms with Gasteiger partial charge >= 0.3 is 0 Å². The summed E-state index contributed by atoms with van der Waals surface area (Å²) in [4.78, 5) is 26.7. The lowest BCUT2D eigenvalue weighted by Gasteiger charge is -2.45. The van der Waals surface area contributed by atoms with Gasteiger partial charge in [0.15, 0.2) is 0 Å². The summed E-state index contributed by atoms with van der Waals surface area (Å²) in [6.45, 7) is 9.43. The predicted octanol–water partition coefficient (Wildman–Crippen LogP) is 0.801. The molecule has 1 aliphatic rings. The number of rotatable bonds is 8. The largest absolute Gasteiger partial charge is 0.382 e. The number of hydrogen-bond acceptors (Lipinski definition) is 4. The molecular weight excluding hydrogens is 272 g/mol. The number of carbonyl (C=O) groups is 2. The lowest BCUT2D eigenvalue weighted by atomic mass is 9.88. The Balaban J connectivity index is 2.76. The third-order valence-corrected chi connectivity index (χ3v) is 3.98. The second-order valence-electron chi connectivity index (χ2n) is 5.97. The van der Waals surface area contributed by atoms with E-state index in [0.717, 1.165) is 0 Å². The van der Waals surface area contributed by atoms with Crippen LogP contribution in [0.4, 0.5) is 0 Å². The second-order valence-corrected chi connectivity index (χ2v) is 5.97. The third kappa shape index (κ3) is 4.17. The van der Waals surface area contributed by atoms with Gasteiger partial charge in [-0.05, 0) is 19.3 Å². The Morgan fingerprint density at radius 1 is 1.29 bits per heavy atom. The summed E-state index contributed by atoms with van der Waals surface area (Å²) >= 11 is 0. The molecule has 0 aromatic heterocycles. The van der Waals surface area contributed by atoms with Crippen molar-refractivity contribution in [3.05, 3.63) is 0 Å². The number of piperazine rings is 1. The number of nitrogens with one attached hydrogen (secondary N) is 1. The fourth-order valence-corrected chi connectivity index (χ4v) is 2.53. The van der Waals surface area contributed by atoms with Crippen molar-refractivity contribution >= 4 is 11.8 Å². The Morgan fingerprint density at radius 2 is 1.95 bits per heavy atom. The molecule has 1 N–H and O–H groups in total. The molecule has 0 aliphatic carbocycles. The normalized spacial score (nSPS) is 26.4. The van der Waals surface area contributed by atoms with E-state index in [2.05, 4.69) is 5.32 Å². The van der Waals surface area contributed by atoms with Crippen LogP contribution in [0.2, 0.25) is 0 Å². The van der Waals surface area contributed by atoms with Crippen molar-refractivity contribution < 1.29 is 19.1 Å². The van der Waals surface area contributed by atoms with Crippen LogP contribution in [-0.2, 0) is 19.1 Å². The highest BCUT2D eigenvalue weighted by atomic mass is 16.5. The van der Waals surface area contributed by atoms with Gasteiger partial charge in [0.25, 0.3) is 0 Å². The summed E-state index contributed by atoms with van der Waals surface area (Å²) in [5.74, 6) is -0.0428. The number of carbonyl (C=O) groups excluding carboxylic acids is 2. The molecule has 0 saturated carbocycles. The average Bonchev–Trinajstić information content (AvgIpc) is 2.43. The summed E-state index contributed by atoms with van der Waals surface area (Å²) in [7, 11) is 1.61. The third-order valence-electron chi connectivity index (χ3n) is 3.98. The minimum atomic E-state index is -0.811. The summed E-state index contributed by atoms with van der Waals surface area (Å²) in [5, 5.41) is 2.87. The monoisotopic (exact) mass is 300 g/mol. The van der Waals surface area contributed by atoms with Crippen LogP contribution in [0.25, 0.3) is 0 Å². The van der Waals surface area contributed by atoms with Gasteiger partial charge in [-0.3, -0.25) is 9.59 Å². The van der Waals surface area contributed by atoms with Gasteiger partial charge in [-0.25, -0.2) is 0 Å². The van der Waals surface area contributed by atoms with Crippen LogP contribution in [0, 0.1) is 5.92 Å². The molecule has 0 spiro atoms. The zero-order valence-corrected chi connectivity index (χ0v) is 13.8. The molecular formula is C15H28N2O4. The quantitative estimate of drug-likeness (QED) is 0.673. The zero-order chi connectivity index (χ0) is 16.0. The first-order valence-electron chi connectivity index (χ1n) is 7.57. The maximum Gasteiger partial charge on any atom is 0.248 e. The standard InChI is InChI=1S/C15H28N2O4/c1-6-15(4)14(19)17(7-8-21-10-9-20-5)12(11(2)3)13(18)16-15/h11-12H,6-10H2,1-5H3,(H,16,18). The van der Waals surface area contributed by atoms with E-state index in [4.69, 9.17) is 9.47 Å². The first kappa shape index (κ1) is 17.9. The Labute approximate surface area is 127 Å². The molecule has 2 atom stereocenters. The molecule has 0 bridgehead atoms. The Bertz CT molecular complexity index is 373. The summed E-state index contributed by atoms with van der Waals surface area (Å²) in [6.07, 6.45) is 0.573. The van der Waals surface area contributed by atoms with Crippen molar-refractivity contribution in [2.24, 2.45) is 5.92 Å². The van der Waals surface area contributed by atoms with E-state index < -0.39 is 11.6 Å². The molecule has 1 fully saturated rings. The number of amides is 2. The van der Waals surface area contributed by atoms with Crippen molar-refractivity contribution in [1.29, 1.82) is 0 Å². The van der Waals surface area contributed by atoms with Gasteiger partial charge in [0.2, 0.25) is 11.8 Å². The maximum atomic E-state index is 12.7. The highest BCUT2D eigenvalue weighted by Gasteiger charge is 2.47. The zero-order valence-electron chi connectivity index (χ0n) is 13.8. The van der Waals surface area contributed by atoms with Gasteiger partial charge in [0.1, 0.15) is 11.6 Å². The SMILES string of the molecule is CCC1(C)NC(=O)C(C(C)C)N(CCOCCOC)C1=O. The van der Waals surface area contributed by atoms with Crippen molar-refractivity contribution in [1.82, 2.24) is 10.2 Å². The summed E-state index contributed by atoms with van der Waals surface area (Å²) in [5.41, 5.74) is -0.811. The molecule has 2 unspecified atom stereocenters. The Morgan fingerprint density at radius 3 is 2.48 bits per heavy atom. The van der Waals surface area contributed by atoms with Crippen LogP contribution < -0.4 is 5.32 Å². The Hall–Kier alpha value is -1.14. The first-order valence-corrected chi connectivity index (χ1v) is 7.57. The van der Waals surface area contributed by atoms with Gasteiger partial charge < -0.3 is 19.7 Å². The average molecular weight is 300 g/mol. The van der Waals surface area contributed by atoms with Gasteiger partial charge in [0, 0.05) is 13.7 Å². The summed E-state index contributed by atoms with van der Waals surface area (Å²) in [6, 6.07) is -0.428. The smallest absolute Gasteiger partial charge is 0.248 e. The van der Waals surface area contributed by atoms with Crippen LogP contribution in [0.15, 0.2) is 0 Å². The molecule has 1 aliphatic heterocycles. The number of nitrogens with zero attached hydrogens (tertiary/aromatic N) is 1. The Kier molecular flexibility index (Phi) is 6.61. The van der Waals surface area contributed by atoms with Gasteiger partial charge in [0.05, 0.1) is 19.8 Å². The molecule has 2 amide bonds. The minimum absolute atomic E-state index is 0.0290. The lowest BCUT2D eigenvalue weighted by molar-refractivity contribution is -0.157. The van der Waals surface area contributed by atoms with Gasteiger partial charge in [-0.1, -0.05) is 20.8 Å². The van der Waals surface area contributed by atoms with Crippen LogP contribution in [0.5, 0.6) is 0 Å². The molecule has 0 aromatic rings. The minimum Gasteiger partial charge on any atom is -0.382 e. The molecule has 122 valence electrons. The molecule has 0 radical (unpaired) electrons. The van der Waals surface area contributed by atoms with Crippen LogP contribution in [0.3, 0.4) is 0 Å². The molecule has 6 heteroatoms. The van der Waals surface area contributed by atoms with Crippen LogP contribution in [0.1, 0.15) is 34.1 Å². The predicted molar refractivity (Wildman–Crippen MR) is 79.9 cm³/mol. The lowest BCUT2D eigenvalue weighted by Crippen LogP contribution is -2.70. The van der Waals surface area contributed by atoms with Crippen molar-refractivity contribution in [3.8, 4) is 0 Å². The molecule has 6 nitrogen and oxygen atoms in total. The fourth-order valence-electron chi connectivity index (χ4n) is 2.53. The molecule has 0 aromatic carbocycles. The van der Waals surface area contributed by atoms with Crippen LogP contribution >= 0.6 is 0 Å². The number of ether oxygens (including phenoxy) is 2. The highest BCUT2D eigenvalue weighted by molar-refractivity contribution is 5.99. The van der Waals surface area contributed by atoms with Crippen molar-refractivity contribution in [3.63, 3.8) is 0 Å². The van der Waals surface area contributed by atoms with Gasteiger partial charge in [-0.2, -0.15) is 0 Å². The number of hydrogen-bond donors (Lipinski definition) is 1. The van der Waals surface area contributed by atoms with E-state index in [1.54, 1.807) is 18.9 Å². The molecule has 21 heavy (non-hydrogen) atoms. The van der Waals surface area contributed by atoms with E-state index in [9.17, 15) is 9.59 Å². The topological polar surface area (TPSA) is 67.9 Å². The van der Waals surface area contributed by atoms with E-state index in [0.29, 0.717) is 32.8 Å². The summed E-state index contributed by atoms with van der Waals surface area (Å²) < 4.78 is 10.4. The number of methoxy groups -OCH3 is 1. The van der Waals surface area contributed by atoms with E-state index in [1.807, 2.05) is 20.8 Å². The van der Waals surface area contributed by atoms with Crippen molar-refractivity contribution in [2.45, 2.75) is 45.7 Å². The fraction of sp³-hybridized carbons (Fsp3) is 0.867. The van der Waals surface area contributed by atoms with Crippen molar-refractivity contribution in [2.75, 3.05) is 33.5 Å². The van der Waals surface area contributed by atoms with E-state index in [1.165, 1.54) is 0 Å². The first-order chi connectivity index (χ1) is 9.87. The van der Waals surface area contributed by atoms with Crippen LogP contribution in [-0.4, -0.2) is 61.8 Å². The maximum absolute atomic E-state index is 12.7. The molecule has 1 heterocycles. The van der Waals surface area contributed by atoms with E-state index >= 15 is 0 Å². The molecule has 1 saturated heterocycles. The van der Waals surface area contributed by atoms with E-state index in [-0.39, 0.29) is 17.7 Å². The highest BCUT2D eigenvalue weighted by Crippen LogP contribution is 2.24. The van der Waals surface area contributed by atoms with Gasteiger partial charge in [-0.15, -0.1) is 0 Å². The molecule has 1 rings (SSSR count).